The van der Waals surface area contributed by atoms with Crippen molar-refractivity contribution in [3.63, 3.8) is 0 Å². The van der Waals surface area contributed by atoms with Gasteiger partial charge < -0.3 is 21.1 Å². The number of carbonyl (C=O) groups excluding carboxylic acids is 1. The van der Waals surface area contributed by atoms with Crippen LogP contribution in [-0.4, -0.2) is 13.0 Å². The number of nitriles is 1. The van der Waals surface area contributed by atoms with Crippen LogP contribution in [-0.2, 0) is 11.3 Å². The van der Waals surface area contributed by atoms with Crippen molar-refractivity contribution in [1.29, 1.82) is 5.26 Å². The van der Waals surface area contributed by atoms with Crippen LogP contribution < -0.4 is 21.1 Å². The molecule has 0 spiro atoms. The molecule has 2 aromatic rings. The molecule has 24 heavy (non-hydrogen) atoms. The molecular formula is C18H18N4O2. The largest absolute Gasteiger partial charge is 0.496 e. The molecule has 1 amide bonds. The smallest absolute Gasteiger partial charge is 0.267 e. The lowest BCUT2D eigenvalue weighted by Crippen LogP contribution is -2.16. The summed E-state index contributed by atoms with van der Waals surface area (Å²) in [7, 11) is 1.59. The SMILES string of the molecule is COc1ccccc1CN/C=C(/C#N)C(=O)Nc1ccc(N)cc1. The van der Waals surface area contributed by atoms with E-state index >= 15 is 0 Å². The number of ether oxygens (including phenoxy) is 1. The van der Waals surface area contributed by atoms with Crippen molar-refractivity contribution in [3.05, 3.63) is 65.9 Å². The predicted molar refractivity (Wildman–Crippen MR) is 93.0 cm³/mol. The molecule has 0 saturated carbocycles. The lowest BCUT2D eigenvalue weighted by molar-refractivity contribution is -0.112. The molecule has 0 radical (unpaired) electrons. The van der Waals surface area contributed by atoms with Crippen molar-refractivity contribution < 1.29 is 9.53 Å². The molecular weight excluding hydrogens is 304 g/mol. The number of nitrogens with one attached hydrogen (secondary N) is 2. The van der Waals surface area contributed by atoms with Gasteiger partial charge in [0.15, 0.2) is 0 Å². The second-order valence-corrected chi connectivity index (χ2v) is 4.94. The number of rotatable bonds is 6. The third-order valence-electron chi connectivity index (χ3n) is 3.27. The van der Waals surface area contributed by atoms with E-state index in [0.717, 1.165) is 11.3 Å². The summed E-state index contributed by atoms with van der Waals surface area (Å²) < 4.78 is 5.25. The van der Waals surface area contributed by atoms with E-state index in [-0.39, 0.29) is 5.57 Å². The third-order valence-corrected chi connectivity index (χ3v) is 3.27. The minimum absolute atomic E-state index is 0.0262. The zero-order valence-electron chi connectivity index (χ0n) is 13.2. The highest BCUT2D eigenvalue weighted by atomic mass is 16.5. The molecule has 0 aliphatic rings. The third kappa shape index (κ3) is 4.52. The van der Waals surface area contributed by atoms with E-state index in [4.69, 9.17) is 15.7 Å². The Labute approximate surface area is 140 Å². The topological polar surface area (TPSA) is 100 Å². The van der Waals surface area contributed by atoms with E-state index in [2.05, 4.69) is 10.6 Å². The molecule has 6 nitrogen and oxygen atoms in total. The molecule has 0 aromatic heterocycles. The van der Waals surface area contributed by atoms with Gasteiger partial charge in [-0.1, -0.05) is 18.2 Å². The van der Waals surface area contributed by atoms with Crippen LogP contribution in [0.3, 0.4) is 0 Å². The quantitative estimate of drug-likeness (QED) is 0.431. The van der Waals surface area contributed by atoms with E-state index in [0.29, 0.717) is 17.9 Å². The number of hydrogen-bond donors (Lipinski definition) is 3. The number of para-hydroxylation sites is 1. The van der Waals surface area contributed by atoms with Crippen LogP contribution in [0.4, 0.5) is 11.4 Å². The molecule has 0 fully saturated rings. The van der Waals surface area contributed by atoms with Gasteiger partial charge in [-0.3, -0.25) is 4.79 Å². The molecule has 0 aliphatic carbocycles. The second-order valence-electron chi connectivity index (χ2n) is 4.94. The molecule has 0 bridgehead atoms. The normalized spacial score (nSPS) is 10.6. The lowest BCUT2D eigenvalue weighted by Gasteiger charge is -2.08. The van der Waals surface area contributed by atoms with Crippen molar-refractivity contribution in [2.45, 2.75) is 6.54 Å². The number of anilines is 2. The molecule has 0 saturated heterocycles. The summed E-state index contributed by atoms with van der Waals surface area (Å²) in [6.45, 7) is 0.435. The Kier molecular flexibility index (Phi) is 5.81. The molecule has 0 aliphatic heterocycles. The van der Waals surface area contributed by atoms with E-state index in [1.807, 2.05) is 30.3 Å². The first-order valence-corrected chi connectivity index (χ1v) is 7.26. The molecule has 2 aromatic carbocycles. The van der Waals surface area contributed by atoms with Crippen LogP contribution in [0.1, 0.15) is 5.56 Å². The Morgan fingerprint density at radius 1 is 1.25 bits per heavy atom. The number of nitrogen functional groups attached to an aromatic ring is 1. The maximum atomic E-state index is 12.1. The molecule has 0 atom stereocenters. The van der Waals surface area contributed by atoms with Gasteiger partial charge in [0.05, 0.1) is 7.11 Å². The first kappa shape index (κ1) is 16.9. The highest BCUT2D eigenvalue weighted by molar-refractivity contribution is 6.06. The van der Waals surface area contributed by atoms with Gasteiger partial charge in [-0.25, -0.2) is 0 Å². The van der Waals surface area contributed by atoms with Gasteiger partial charge >= 0.3 is 0 Å². The fourth-order valence-electron chi connectivity index (χ4n) is 2.03. The number of carbonyl (C=O) groups is 1. The first-order chi connectivity index (χ1) is 11.6. The summed E-state index contributed by atoms with van der Waals surface area (Å²) in [5, 5.41) is 14.8. The van der Waals surface area contributed by atoms with Gasteiger partial charge in [0.25, 0.3) is 5.91 Å². The molecule has 2 rings (SSSR count). The van der Waals surface area contributed by atoms with Gasteiger partial charge in [-0.15, -0.1) is 0 Å². The number of nitrogens with two attached hydrogens (primary N) is 1. The van der Waals surface area contributed by atoms with Crippen LogP contribution >= 0.6 is 0 Å². The summed E-state index contributed by atoms with van der Waals surface area (Å²) in [6.07, 6.45) is 1.39. The second kappa shape index (κ2) is 8.25. The van der Waals surface area contributed by atoms with Crippen molar-refractivity contribution >= 4 is 17.3 Å². The van der Waals surface area contributed by atoms with Crippen molar-refractivity contribution in [1.82, 2.24) is 5.32 Å². The summed E-state index contributed by atoms with van der Waals surface area (Å²) in [4.78, 5) is 12.1. The minimum atomic E-state index is -0.491. The standard InChI is InChI=1S/C18H18N4O2/c1-24-17-5-3-2-4-13(17)11-21-12-14(10-19)18(23)22-16-8-6-15(20)7-9-16/h2-9,12,21H,11,20H2,1H3,(H,22,23)/b14-12-. The van der Waals surface area contributed by atoms with Crippen molar-refractivity contribution in [2.75, 3.05) is 18.2 Å². The highest BCUT2D eigenvalue weighted by Crippen LogP contribution is 2.16. The van der Waals surface area contributed by atoms with Crippen LogP contribution in [0.15, 0.2) is 60.3 Å². The Morgan fingerprint density at radius 3 is 2.62 bits per heavy atom. The Hall–Kier alpha value is -3.46. The fourth-order valence-corrected chi connectivity index (χ4v) is 2.03. The number of amides is 1. The number of methoxy groups -OCH3 is 1. The summed E-state index contributed by atoms with van der Waals surface area (Å²) in [5.74, 6) is 0.248. The zero-order valence-corrected chi connectivity index (χ0v) is 13.2. The first-order valence-electron chi connectivity index (χ1n) is 7.26. The average Bonchev–Trinajstić information content (AvgIpc) is 2.61. The van der Waals surface area contributed by atoms with Gasteiger partial charge in [0.2, 0.25) is 0 Å². The molecule has 0 unspecified atom stereocenters. The van der Waals surface area contributed by atoms with Gasteiger partial charge in [0, 0.05) is 29.7 Å². The van der Waals surface area contributed by atoms with E-state index < -0.39 is 5.91 Å². The number of benzene rings is 2. The molecule has 4 N–H and O–H groups in total. The maximum Gasteiger partial charge on any atom is 0.267 e. The van der Waals surface area contributed by atoms with Crippen LogP contribution in [0, 0.1) is 11.3 Å². The van der Waals surface area contributed by atoms with Crippen molar-refractivity contribution in [2.24, 2.45) is 0 Å². The van der Waals surface area contributed by atoms with Crippen molar-refractivity contribution in [3.8, 4) is 11.8 Å². The maximum absolute atomic E-state index is 12.1. The zero-order chi connectivity index (χ0) is 17.4. The highest BCUT2D eigenvalue weighted by Gasteiger charge is 2.09. The Bertz CT molecular complexity index is 776. The van der Waals surface area contributed by atoms with Crippen LogP contribution in [0.25, 0.3) is 0 Å². The number of hydrogen-bond acceptors (Lipinski definition) is 5. The van der Waals surface area contributed by atoms with Crippen LogP contribution in [0.2, 0.25) is 0 Å². The molecule has 6 heteroatoms. The monoisotopic (exact) mass is 322 g/mol. The number of nitrogens with zero attached hydrogens (tertiary/aromatic N) is 1. The average molecular weight is 322 g/mol. The van der Waals surface area contributed by atoms with E-state index in [9.17, 15) is 4.79 Å². The van der Waals surface area contributed by atoms with Gasteiger partial charge in [0.1, 0.15) is 17.4 Å². The van der Waals surface area contributed by atoms with Gasteiger partial charge in [-0.05, 0) is 30.3 Å². The van der Waals surface area contributed by atoms with E-state index in [1.165, 1.54) is 6.20 Å². The molecule has 0 heterocycles. The van der Waals surface area contributed by atoms with E-state index in [1.54, 1.807) is 31.4 Å². The summed E-state index contributed by atoms with van der Waals surface area (Å²) >= 11 is 0. The summed E-state index contributed by atoms with van der Waals surface area (Å²) in [5.41, 5.74) is 7.66. The summed E-state index contributed by atoms with van der Waals surface area (Å²) in [6, 6.07) is 16.1. The molecule has 122 valence electrons. The minimum Gasteiger partial charge on any atom is -0.496 e. The lowest BCUT2D eigenvalue weighted by atomic mass is 10.2. The Morgan fingerprint density at radius 2 is 1.96 bits per heavy atom. The van der Waals surface area contributed by atoms with Crippen LogP contribution in [0.5, 0.6) is 5.75 Å². The fraction of sp³-hybridized carbons (Fsp3) is 0.111. The Balaban J connectivity index is 1.99. The van der Waals surface area contributed by atoms with Gasteiger partial charge in [-0.2, -0.15) is 5.26 Å². The predicted octanol–water partition coefficient (Wildman–Crippen LogP) is 2.41.